The highest BCUT2D eigenvalue weighted by Crippen LogP contribution is 2.22. The van der Waals surface area contributed by atoms with Gasteiger partial charge < -0.3 is 5.32 Å². The van der Waals surface area contributed by atoms with Crippen molar-refractivity contribution < 1.29 is 0 Å². The van der Waals surface area contributed by atoms with Gasteiger partial charge in [0.05, 0.1) is 6.04 Å². The van der Waals surface area contributed by atoms with Crippen molar-refractivity contribution in [3.8, 4) is 0 Å². The Kier molecular flexibility index (Phi) is 5.93. The molecule has 0 bridgehead atoms. The van der Waals surface area contributed by atoms with Crippen LogP contribution in [0.3, 0.4) is 0 Å². The van der Waals surface area contributed by atoms with E-state index in [4.69, 9.17) is 0 Å². The number of hydrogen-bond acceptors (Lipinski definition) is 1. The van der Waals surface area contributed by atoms with Crippen LogP contribution in [0.25, 0.3) is 0 Å². The first-order valence-electron chi connectivity index (χ1n) is 6.19. The summed E-state index contributed by atoms with van der Waals surface area (Å²) in [6, 6.07) is 6.89. The standard InChI is InChI=1S/C15H22BrN/c1-5-8-17-15(9-11(2)3)13-6-7-14(16)12(4)10-13/h6-7,9-10,15,17H,5,8H2,1-4H3. The van der Waals surface area contributed by atoms with Gasteiger partial charge in [-0.05, 0) is 50.9 Å². The summed E-state index contributed by atoms with van der Waals surface area (Å²) in [5, 5.41) is 3.57. The van der Waals surface area contributed by atoms with Gasteiger partial charge in [0.25, 0.3) is 0 Å². The fourth-order valence-electron chi connectivity index (χ4n) is 1.77. The first kappa shape index (κ1) is 14.5. The van der Waals surface area contributed by atoms with Crippen LogP contribution in [0.4, 0.5) is 0 Å². The topological polar surface area (TPSA) is 12.0 Å². The molecule has 0 radical (unpaired) electrons. The fourth-order valence-corrected chi connectivity index (χ4v) is 2.01. The maximum atomic E-state index is 3.57. The Morgan fingerprint density at radius 1 is 1.41 bits per heavy atom. The maximum Gasteiger partial charge on any atom is 0.0508 e. The van der Waals surface area contributed by atoms with Gasteiger partial charge in [0.1, 0.15) is 0 Å². The van der Waals surface area contributed by atoms with Crippen LogP contribution in [0.1, 0.15) is 44.4 Å². The maximum absolute atomic E-state index is 3.57. The van der Waals surface area contributed by atoms with E-state index in [1.165, 1.54) is 21.2 Å². The van der Waals surface area contributed by atoms with E-state index < -0.39 is 0 Å². The van der Waals surface area contributed by atoms with Crippen molar-refractivity contribution >= 4 is 15.9 Å². The zero-order chi connectivity index (χ0) is 12.8. The molecule has 2 heteroatoms. The molecule has 0 amide bonds. The van der Waals surface area contributed by atoms with Gasteiger partial charge in [0, 0.05) is 4.47 Å². The lowest BCUT2D eigenvalue weighted by molar-refractivity contribution is 0.610. The third-order valence-electron chi connectivity index (χ3n) is 2.66. The van der Waals surface area contributed by atoms with Gasteiger partial charge >= 0.3 is 0 Å². The van der Waals surface area contributed by atoms with Crippen molar-refractivity contribution in [3.63, 3.8) is 0 Å². The van der Waals surface area contributed by atoms with E-state index in [9.17, 15) is 0 Å². The van der Waals surface area contributed by atoms with E-state index in [2.05, 4.69) is 73.2 Å². The number of benzene rings is 1. The Morgan fingerprint density at radius 2 is 2.12 bits per heavy atom. The van der Waals surface area contributed by atoms with Crippen LogP contribution in [-0.2, 0) is 0 Å². The molecular weight excluding hydrogens is 274 g/mol. The van der Waals surface area contributed by atoms with E-state index in [0.717, 1.165) is 13.0 Å². The Morgan fingerprint density at radius 3 is 2.65 bits per heavy atom. The molecule has 94 valence electrons. The average Bonchev–Trinajstić information content (AvgIpc) is 2.27. The SMILES string of the molecule is CCCNC(C=C(C)C)c1ccc(Br)c(C)c1. The third kappa shape index (κ3) is 4.64. The number of halogens is 1. The predicted molar refractivity (Wildman–Crippen MR) is 79.3 cm³/mol. The Balaban J connectivity index is 2.95. The van der Waals surface area contributed by atoms with Gasteiger partial charge in [-0.25, -0.2) is 0 Å². The van der Waals surface area contributed by atoms with Crippen LogP contribution in [0.15, 0.2) is 34.3 Å². The van der Waals surface area contributed by atoms with Crippen molar-refractivity contribution in [2.75, 3.05) is 6.54 Å². The van der Waals surface area contributed by atoms with E-state index in [1.54, 1.807) is 0 Å². The Bertz CT molecular complexity index is 392. The lowest BCUT2D eigenvalue weighted by atomic mass is 10.0. The average molecular weight is 296 g/mol. The predicted octanol–water partition coefficient (Wildman–Crippen LogP) is 4.76. The zero-order valence-corrected chi connectivity index (χ0v) is 12.8. The zero-order valence-electron chi connectivity index (χ0n) is 11.2. The van der Waals surface area contributed by atoms with E-state index >= 15 is 0 Å². The lowest BCUT2D eigenvalue weighted by Gasteiger charge is -2.17. The number of aryl methyl sites for hydroxylation is 1. The van der Waals surface area contributed by atoms with Gasteiger partial charge in [-0.2, -0.15) is 0 Å². The summed E-state index contributed by atoms with van der Waals surface area (Å²) in [6.07, 6.45) is 3.45. The number of rotatable bonds is 5. The Hall–Kier alpha value is -0.600. The van der Waals surface area contributed by atoms with Gasteiger partial charge in [0.15, 0.2) is 0 Å². The smallest absolute Gasteiger partial charge is 0.0508 e. The Labute approximate surface area is 113 Å². The summed E-state index contributed by atoms with van der Waals surface area (Å²) in [5.74, 6) is 0. The molecule has 1 atom stereocenters. The molecule has 1 unspecified atom stereocenters. The second kappa shape index (κ2) is 6.97. The first-order valence-corrected chi connectivity index (χ1v) is 6.98. The molecule has 0 fully saturated rings. The summed E-state index contributed by atoms with van der Waals surface area (Å²) < 4.78 is 1.17. The summed E-state index contributed by atoms with van der Waals surface area (Å²) in [5.41, 5.74) is 3.97. The molecule has 1 nitrogen and oxygen atoms in total. The highest BCUT2D eigenvalue weighted by Gasteiger charge is 2.08. The third-order valence-corrected chi connectivity index (χ3v) is 3.55. The van der Waals surface area contributed by atoms with Crippen LogP contribution in [0.5, 0.6) is 0 Å². The molecule has 0 aliphatic carbocycles. The monoisotopic (exact) mass is 295 g/mol. The minimum Gasteiger partial charge on any atom is -0.307 e. The molecule has 0 aliphatic heterocycles. The fraction of sp³-hybridized carbons (Fsp3) is 0.467. The van der Waals surface area contributed by atoms with Gasteiger partial charge in [-0.3, -0.25) is 0 Å². The highest BCUT2D eigenvalue weighted by atomic mass is 79.9. The summed E-state index contributed by atoms with van der Waals surface area (Å²) in [6.45, 7) is 9.66. The molecule has 17 heavy (non-hydrogen) atoms. The highest BCUT2D eigenvalue weighted by molar-refractivity contribution is 9.10. The van der Waals surface area contributed by atoms with E-state index in [-0.39, 0.29) is 0 Å². The van der Waals surface area contributed by atoms with Crippen LogP contribution >= 0.6 is 15.9 Å². The molecule has 0 saturated carbocycles. The van der Waals surface area contributed by atoms with Crippen molar-refractivity contribution in [2.45, 2.75) is 40.2 Å². The minimum atomic E-state index is 0.326. The molecule has 0 heterocycles. The van der Waals surface area contributed by atoms with Gasteiger partial charge in [0.2, 0.25) is 0 Å². The second-order valence-corrected chi connectivity index (χ2v) is 5.54. The molecule has 0 saturated heterocycles. The summed E-state index contributed by atoms with van der Waals surface area (Å²) >= 11 is 3.55. The van der Waals surface area contributed by atoms with Crippen LogP contribution in [0, 0.1) is 6.92 Å². The molecular formula is C15H22BrN. The second-order valence-electron chi connectivity index (χ2n) is 4.68. The van der Waals surface area contributed by atoms with E-state index in [0.29, 0.717) is 6.04 Å². The first-order chi connectivity index (χ1) is 8.04. The van der Waals surface area contributed by atoms with Gasteiger partial charge in [-0.15, -0.1) is 0 Å². The largest absolute Gasteiger partial charge is 0.307 e. The lowest BCUT2D eigenvalue weighted by Crippen LogP contribution is -2.20. The number of nitrogens with one attached hydrogen (secondary N) is 1. The van der Waals surface area contributed by atoms with Gasteiger partial charge in [-0.1, -0.05) is 46.6 Å². The molecule has 0 aromatic heterocycles. The summed E-state index contributed by atoms with van der Waals surface area (Å²) in [4.78, 5) is 0. The van der Waals surface area contributed by atoms with Crippen LogP contribution in [-0.4, -0.2) is 6.54 Å². The van der Waals surface area contributed by atoms with Crippen molar-refractivity contribution in [3.05, 3.63) is 45.4 Å². The van der Waals surface area contributed by atoms with E-state index in [1.807, 2.05) is 0 Å². The quantitative estimate of drug-likeness (QED) is 0.772. The molecule has 1 rings (SSSR count). The molecule has 0 spiro atoms. The van der Waals surface area contributed by atoms with Crippen molar-refractivity contribution in [2.24, 2.45) is 0 Å². The minimum absolute atomic E-state index is 0.326. The van der Waals surface area contributed by atoms with Crippen LogP contribution in [0.2, 0.25) is 0 Å². The molecule has 1 N–H and O–H groups in total. The normalized spacial score (nSPS) is 12.3. The van der Waals surface area contributed by atoms with Crippen molar-refractivity contribution in [1.82, 2.24) is 5.32 Å². The molecule has 0 aliphatic rings. The molecule has 1 aromatic carbocycles. The molecule has 1 aromatic rings. The van der Waals surface area contributed by atoms with Crippen LogP contribution < -0.4 is 5.32 Å². The number of allylic oxidation sites excluding steroid dienone is 1. The van der Waals surface area contributed by atoms with Crippen molar-refractivity contribution in [1.29, 1.82) is 0 Å². The number of hydrogen-bond donors (Lipinski definition) is 1. The summed E-state index contributed by atoms with van der Waals surface area (Å²) in [7, 11) is 0.